The molecule has 0 unspecified atom stereocenters. The smallest absolute Gasteiger partial charge is 0.274 e. The number of hydrogen-bond acceptors (Lipinski definition) is 4. The van der Waals surface area contributed by atoms with Crippen molar-refractivity contribution >= 4 is 38.3 Å². The summed E-state index contributed by atoms with van der Waals surface area (Å²) in [4.78, 5) is 12.1. The Bertz CT molecular complexity index is 547. The molecule has 1 aliphatic rings. The molecule has 5 nitrogen and oxygen atoms in total. The van der Waals surface area contributed by atoms with Gasteiger partial charge in [0.1, 0.15) is 11.2 Å². The topological polar surface area (TPSA) is 59.8 Å². The zero-order chi connectivity index (χ0) is 11.8. The largest absolute Gasteiger partial charge is 0.339 e. The summed E-state index contributed by atoms with van der Waals surface area (Å²) in [6.45, 7) is 0. The fourth-order valence-electron chi connectivity index (χ4n) is 1.67. The van der Waals surface area contributed by atoms with Crippen molar-refractivity contribution in [3.63, 3.8) is 0 Å². The van der Waals surface area contributed by atoms with Crippen LogP contribution in [0.2, 0.25) is 0 Å². The Morgan fingerprint density at radius 3 is 3.06 bits per heavy atom. The van der Waals surface area contributed by atoms with Gasteiger partial charge in [0.15, 0.2) is 0 Å². The van der Waals surface area contributed by atoms with Gasteiger partial charge in [-0.2, -0.15) is 0 Å². The Kier molecular flexibility index (Phi) is 2.71. The lowest BCUT2D eigenvalue weighted by Crippen LogP contribution is -2.16. The molecule has 0 aromatic carbocycles. The minimum absolute atomic E-state index is 0.139. The number of rotatable bonds is 3. The van der Waals surface area contributed by atoms with Gasteiger partial charge in [0.2, 0.25) is 5.13 Å². The molecule has 2 aromatic heterocycles. The number of nitrogens with zero attached hydrogens (tertiary/aromatic N) is 3. The van der Waals surface area contributed by atoms with Gasteiger partial charge in [-0.3, -0.25) is 10.1 Å². The molecule has 17 heavy (non-hydrogen) atoms. The van der Waals surface area contributed by atoms with Gasteiger partial charge in [0.05, 0.1) is 0 Å². The molecule has 2 heterocycles. The van der Waals surface area contributed by atoms with Crippen LogP contribution in [0.15, 0.2) is 22.2 Å². The Morgan fingerprint density at radius 1 is 1.59 bits per heavy atom. The molecule has 0 saturated heterocycles. The van der Waals surface area contributed by atoms with E-state index in [2.05, 4.69) is 31.4 Å². The van der Waals surface area contributed by atoms with E-state index in [0.29, 0.717) is 16.9 Å². The highest BCUT2D eigenvalue weighted by Gasteiger charge is 2.27. The second-order valence-corrected chi connectivity index (χ2v) is 5.63. The average Bonchev–Trinajstić information content (AvgIpc) is 2.88. The first-order valence-corrected chi connectivity index (χ1v) is 6.86. The molecule has 7 heteroatoms. The van der Waals surface area contributed by atoms with E-state index in [9.17, 15) is 4.79 Å². The van der Waals surface area contributed by atoms with Crippen LogP contribution in [0.5, 0.6) is 0 Å². The van der Waals surface area contributed by atoms with Crippen LogP contribution < -0.4 is 5.32 Å². The maximum Gasteiger partial charge on any atom is 0.274 e. The lowest BCUT2D eigenvalue weighted by Gasteiger charge is -2.06. The number of anilines is 1. The SMILES string of the molecule is O=C(Nc1nncs1)c1cc(Br)cn1C1CC1. The first-order chi connectivity index (χ1) is 8.24. The molecule has 0 bridgehead atoms. The molecule has 0 radical (unpaired) electrons. The molecule has 3 rings (SSSR count). The number of aromatic nitrogens is 3. The molecule has 88 valence electrons. The number of amides is 1. The molecule has 1 N–H and O–H groups in total. The van der Waals surface area contributed by atoms with Crippen LogP contribution in [0.3, 0.4) is 0 Å². The van der Waals surface area contributed by atoms with Crippen LogP contribution in [-0.4, -0.2) is 20.7 Å². The van der Waals surface area contributed by atoms with E-state index in [1.807, 2.05) is 16.8 Å². The van der Waals surface area contributed by atoms with E-state index in [1.54, 1.807) is 5.51 Å². The summed E-state index contributed by atoms with van der Waals surface area (Å²) in [7, 11) is 0. The molecule has 1 fully saturated rings. The van der Waals surface area contributed by atoms with Crippen LogP contribution in [-0.2, 0) is 0 Å². The normalized spacial score (nSPS) is 14.9. The number of halogens is 1. The summed E-state index contributed by atoms with van der Waals surface area (Å²) >= 11 is 4.71. The predicted octanol–water partition coefficient (Wildman–Crippen LogP) is 2.69. The minimum atomic E-state index is -0.139. The monoisotopic (exact) mass is 312 g/mol. The predicted molar refractivity (Wildman–Crippen MR) is 68.3 cm³/mol. The molecule has 0 spiro atoms. The Morgan fingerprint density at radius 2 is 2.41 bits per heavy atom. The third-order valence-electron chi connectivity index (χ3n) is 2.57. The van der Waals surface area contributed by atoms with Crippen molar-refractivity contribution in [3.8, 4) is 0 Å². The lowest BCUT2D eigenvalue weighted by atomic mass is 10.4. The molecule has 0 aliphatic heterocycles. The highest BCUT2D eigenvalue weighted by molar-refractivity contribution is 9.10. The van der Waals surface area contributed by atoms with Crippen LogP contribution >= 0.6 is 27.3 Å². The fraction of sp³-hybridized carbons (Fsp3) is 0.300. The van der Waals surface area contributed by atoms with Crippen molar-refractivity contribution in [2.45, 2.75) is 18.9 Å². The molecular formula is C10H9BrN4OS. The fourth-order valence-corrected chi connectivity index (χ4v) is 2.55. The van der Waals surface area contributed by atoms with Gasteiger partial charge in [-0.05, 0) is 34.8 Å². The van der Waals surface area contributed by atoms with Crippen LogP contribution in [0, 0.1) is 0 Å². The van der Waals surface area contributed by atoms with Crippen molar-refractivity contribution in [2.24, 2.45) is 0 Å². The van der Waals surface area contributed by atoms with E-state index >= 15 is 0 Å². The summed E-state index contributed by atoms with van der Waals surface area (Å²) < 4.78 is 2.94. The maximum atomic E-state index is 12.1. The zero-order valence-corrected chi connectivity index (χ0v) is 11.2. The van der Waals surface area contributed by atoms with Crippen molar-refractivity contribution in [3.05, 3.63) is 27.9 Å². The second-order valence-electron chi connectivity index (χ2n) is 3.88. The van der Waals surface area contributed by atoms with Crippen molar-refractivity contribution < 1.29 is 4.79 Å². The molecule has 1 saturated carbocycles. The summed E-state index contributed by atoms with van der Waals surface area (Å²) in [5.41, 5.74) is 2.25. The molecule has 1 amide bonds. The zero-order valence-electron chi connectivity index (χ0n) is 8.76. The van der Waals surface area contributed by atoms with Crippen molar-refractivity contribution in [2.75, 3.05) is 5.32 Å². The first-order valence-electron chi connectivity index (χ1n) is 5.19. The number of nitrogens with one attached hydrogen (secondary N) is 1. The van der Waals surface area contributed by atoms with Crippen molar-refractivity contribution in [1.29, 1.82) is 0 Å². The Hall–Kier alpha value is -1.21. The number of carbonyl (C=O) groups is 1. The van der Waals surface area contributed by atoms with E-state index in [1.165, 1.54) is 11.3 Å². The van der Waals surface area contributed by atoms with E-state index in [4.69, 9.17) is 0 Å². The van der Waals surface area contributed by atoms with E-state index in [-0.39, 0.29) is 5.91 Å². The van der Waals surface area contributed by atoms with E-state index in [0.717, 1.165) is 17.3 Å². The van der Waals surface area contributed by atoms with Gasteiger partial charge in [-0.25, -0.2) is 0 Å². The highest BCUT2D eigenvalue weighted by atomic mass is 79.9. The third-order valence-corrected chi connectivity index (χ3v) is 3.61. The number of hydrogen-bond donors (Lipinski definition) is 1. The quantitative estimate of drug-likeness (QED) is 0.948. The van der Waals surface area contributed by atoms with Gasteiger partial charge >= 0.3 is 0 Å². The molecule has 1 aliphatic carbocycles. The summed E-state index contributed by atoms with van der Waals surface area (Å²) in [6, 6.07) is 2.30. The van der Waals surface area contributed by atoms with E-state index < -0.39 is 0 Å². The Labute approximate surface area is 110 Å². The van der Waals surface area contributed by atoms with Gasteiger partial charge in [-0.15, -0.1) is 10.2 Å². The van der Waals surface area contributed by atoms with Gasteiger partial charge in [0, 0.05) is 16.7 Å². The lowest BCUT2D eigenvalue weighted by molar-refractivity contribution is 0.101. The molecule has 2 aromatic rings. The summed E-state index contributed by atoms with van der Waals surface area (Å²) in [5, 5.41) is 10.7. The minimum Gasteiger partial charge on any atom is -0.339 e. The maximum absolute atomic E-state index is 12.1. The van der Waals surface area contributed by atoms with Gasteiger partial charge in [-0.1, -0.05) is 11.3 Å². The molecule has 0 atom stereocenters. The standard InChI is InChI=1S/C10H9BrN4OS/c11-6-3-8(15(4-6)7-1-2-7)9(16)13-10-14-12-5-17-10/h3-5,7H,1-2H2,(H,13,14,16). The van der Waals surface area contributed by atoms with Crippen LogP contribution in [0.4, 0.5) is 5.13 Å². The van der Waals surface area contributed by atoms with Gasteiger partial charge < -0.3 is 4.57 Å². The second kappa shape index (κ2) is 4.23. The first kappa shape index (κ1) is 10.9. The summed E-state index contributed by atoms with van der Waals surface area (Å²) in [5.74, 6) is -0.139. The van der Waals surface area contributed by atoms with Crippen LogP contribution in [0.25, 0.3) is 0 Å². The number of carbonyl (C=O) groups excluding carboxylic acids is 1. The average molecular weight is 313 g/mol. The summed E-state index contributed by atoms with van der Waals surface area (Å²) in [6.07, 6.45) is 4.23. The van der Waals surface area contributed by atoms with Crippen molar-refractivity contribution in [1.82, 2.24) is 14.8 Å². The Balaban J connectivity index is 1.85. The van der Waals surface area contributed by atoms with Crippen LogP contribution in [0.1, 0.15) is 29.4 Å². The highest BCUT2D eigenvalue weighted by Crippen LogP contribution is 2.37. The van der Waals surface area contributed by atoms with Gasteiger partial charge in [0.25, 0.3) is 5.91 Å². The third kappa shape index (κ3) is 2.25. The molecular weight excluding hydrogens is 304 g/mol.